The van der Waals surface area contributed by atoms with Crippen LogP contribution in [0.3, 0.4) is 0 Å². The molecule has 0 N–H and O–H groups in total. The molecule has 4 rings (SSSR count). The Morgan fingerprint density at radius 1 is 1.00 bits per heavy atom. The molecule has 4 heteroatoms. The minimum absolute atomic E-state index is 0.304. The molecule has 1 aliphatic carbocycles. The van der Waals surface area contributed by atoms with Gasteiger partial charge in [0.25, 0.3) is 0 Å². The van der Waals surface area contributed by atoms with E-state index >= 15 is 0 Å². The van der Waals surface area contributed by atoms with Gasteiger partial charge in [0, 0.05) is 49.6 Å². The maximum absolute atomic E-state index is 12.3. The SMILES string of the molecule is O=C1CCCc2c1cc(-c1ccccc1)n2CCN1CCOCC1. The number of aromatic nitrogens is 1. The number of nitrogens with zero attached hydrogens (tertiary/aromatic N) is 2. The van der Waals surface area contributed by atoms with E-state index in [0.717, 1.165) is 57.8 Å². The predicted molar refractivity (Wildman–Crippen MR) is 94.4 cm³/mol. The van der Waals surface area contributed by atoms with Crippen molar-refractivity contribution in [3.63, 3.8) is 0 Å². The van der Waals surface area contributed by atoms with Crippen molar-refractivity contribution in [2.45, 2.75) is 25.8 Å². The molecular formula is C20H24N2O2. The molecule has 0 spiro atoms. The van der Waals surface area contributed by atoms with Crippen LogP contribution < -0.4 is 0 Å². The summed E-state index contributed by atoms with van der Waals surface area (Å²) in [4.78, 5) is 14.8. The van der Waals surface area contributed by atoms with E-state index in [2.05, 4.69) is 39.8 Å². The summed E-state index contributed by atoms with van der Waals surface area (Å²) in [6.07, 6.45) is 2.67. The fourth-order valence-electron chi connectivity index (χ4n) is 3.82. The molecule has 0 atom stereocenters. The van der Waals surface area contributed by atoms with E-state index in [4.69, 9.17) is 4.74 Å². The molecule has 24 heavy (non-hydrogen) atoms. The predicted octanol–water partition coefficient (Wildman–Crippen LogP) is 3.01. The second kappa shape index (κ2) is 6.91. The van der Waals surface area contributed by atoms with Crippen LogP contribution in [0.2, 0.25) is 0 Å². The lowest BCUT2D eigenvalue weighted by Crippen LogP contribution is -2.38. The summed E-state index contributed by atoms with van der Waals surface area (Å²) in [7, 11) is 0. The molecule has 1 fully saturated rings. The molecule has 2 aromatic rings. The number of morpholine rings is 1. The molecular weight excluding hydrogens is 300 g/mol. The summed E-state index contributed by atoms with van der Waals surface area (Å²) in [5, 5.41) is 0. The van der Waals surface area contributed by atoms with Gasteiger partial charge in [-0.05, 0) is 24.5 Å². The molecule has 0 radical (unpaired) electrons. The van der Waals surface area contributed by atoms with Gasteiger partial charge in [-0.25, -0.2) is 0 Å². The summed E-state index contributed by atoms with van der Waals surface area (Å²) < 4.78 is 7.83. The van der Waals surface area contributed by atoms with E-state index in [1.54, 1.807) is 0 Å². The number of fused-ring (bicyclic) bond motifs is 1. The normalized spacial score (nSPS) is 18.6. The van der Waals surface area contributed by atoms with Crippen LogP contribution in [0.25, 0.3) is 11.3 Å². The number of hydrogen-bond donors (Lipinski definition) is 0. The van der Waals surface area contributed by atoms with Crippen molar-refractivity contribution in [2.75, 3.05) is 32.8 Å². The number of ether oxygens (including phenoxy) is 1. The van der Waals surface area contributed by atoms with Gasteiger partial charge in [-0.1, -0.05) is 30.3 Å². The third-order valence-electron chi connectivity index (χ3n) is 5.14. The maximum atomic E-state index is 12.3. The summed E-state index contributed by atoms with van der Waals surface area (Å²) in [5.41, 5.74) is 4.56. The molecule has 0 unspecified atom stereocenters. The number of benzene rings is 1. The second-order valence-corrected chi connectivity index (χ2v) is 6.64. The molecule has 1 aromatic carbocycles. The molecule has 0 saturated carbocycles. The van der Waals surface area contributed by atoms with Crippen molar-refractivity contribution in [1.82, 2.24) is 9.47 Å². The van der Waals surface area contributed by atoms with Crippen molar-refractivity contribution in [3.8, 4) is 11.3 Å². The van der Waals surface area contributed by atoms with Crippen LogP contribution in [-0.4, -0.2) is 48.1 Å². The zero-order chi connectivity index (χ0) is 16.4. The fraction of sp³-hybridized carbons (Fsp3) is 0.450. The quantitative estimate of drug-likeness (QED) is 0.867. The highest BCUT2D eigenvalue weighted by Crippen LogP contribution is 2.31. The van der Waals surface area contributed by atoms with Crippen molar-refractivity contribution >= 4 is 5.78 Å². The molecule has 1 saturated heterocycles. The molecule has 0 amide bonds. The maximum Gasteiger partial charge on any atom is 0.164 e. The van der Waals surface area contributed by atoms with Crippen LogP contribution in [0.1, 0.15) is 28.9 Å². The van der Waals surface area contributed by atoms with Crippen LogP contribution in [0, 0.1) is 0 Å². The lowest BCUT2D eigenvalue weighted by molar-refractivity contribution is 0.0363. The average Bonchev–Trinajstić information content (AvgIpc) is 3.02. The first kappa shape index (κ1) is 15.6. The minimum Gasteiger partial charge on any atom is -0.379 e. The van der Waals surface area contributed by atoms with Gasteiger partial charge >= 0.3 is 0 Å². The zero-order valence-corrected chi connectivity index (χ0v) is 14.0. The van der Waals surface area contributed by atoms with E-state index in [1.807, 2.05) is 6.07 Å². The Kier molecular flexibility index (Phi) is 4.50. The van der Waals surface area contributed by atoms with Gasteiger partial charge in [-0.15, -0.1) is 0 Å². The fourth-order valence-corrected chi connectivity index (χ4v) is 3.82. The standard InChI is InChI=1S/C20H24N2O2/c23-20-8-4-7-18-17(20)15-19(16-5-2-1-3-6-16)22(18)10-9-21-11-13-24-14-12-21/h1-3,5-6,15H,4,7-14H2. The molecule has 2 aliphatic rings. The van der Waals surface area contributed by atoms with Gasteiger partial charge in [0.05, 0.1) is 13.2 Å². The lowest BCUT2D eigenvalue weighted by atomic mass is 9.96. The van der Waals surface area contributed by atoms with Gasteiger partial charge in [0.15, 0.2) is 5.78 Å². The first-order valence-electron chi connectivity index (χ1n) is 8.94. The Balaban J connectivity index is 1.66. The Bertz CT molecular complexity index is 715. The first-order chi connectivity index (χ1) is 11.8. The van der Waals surface area contributed by atoms with E-state index in [0.29, 0.717) is 12.2 Å². The van der Waals surface area contributed by atoms with Gasteiger partial charge in [-0.3, -0.25) is 9.69 Å². The van der Waals surface area contributed by atoms with Crippen LogP contribution in [-0.2, 0) is 17.7 Å². The molecule has 126 valence electrons. The largest absolute Gasteiger partial charge is 0.379 e. The zero-order valence-electron chi connectivity index (χ0n) is 14.0. The smallest absolute Gasteiger partial charge is 0.164 e. The second-order valence-electron chi connectivity index (χ2n) is 6.64. The van der Waals surface area contributed by atoms with E-state index in [1.165, 1.54) is 17.0 Å². The van der Waals surface area contributed by atoms with Crippen LogP contribution in [0.5, 0.6) is 0 Å². The molecule has 1 aliphatic heterocycles. The topological polar surface area (TPSA) is 34.5 Å². The highest BCUT2D eigenvalue weighted by molar-refractivity contribution is 5.99. The number of carbonyl (C=O) groups is 1. The molecule has 2 heterocycles. The van der Waals surface area contributed by atoms with Crippen molar-refractivity contribution in [1.29, 1.82) is 0 Å². The summed E-state index contributed by atoms with van der Waals surface area (Å²) >= 11 is 0. The third kappa shape index (κ3) is 3.04. The Morgan fingerprint density at radius 2 is 1.79 bits per heavy atom. The highest BCUT2D eigenvalue weighted by Gasteiger charge is 2.24. The number of hydrogen-bond acceptors (Lipinski definition) is 3. The first-order valence-corrected chi connectivity index (χ1v) is 8.94. The van der Waals surface area contributed by atoms with Gasteiger partial charge in [0.2, 0.25) is 0 Å². The van der Waals surface area contributed by atoms with Gasteiger partial charge < -0.3 is 9.30 Å². The van der Waals surface area contributed by atoms with Crippen molar-refractivity contribution < 1.29 is 9.53 Å². The van der Waals surface area contributed by atoms with Crippen molar-refractivity contribution in [3.05, 3.63) is 47.7 Å². The summed E-state index contributed by atoms with van der Waals surface area (Å²) in [5.74, 6) is 0.304. The summed E-state index contributed by atoms with van der Waals surface area (Å²) in [6, 6.07) is 12.6. The minimum atomic E-state index is 0.304. The monoisotopic (exact) mass is 324 g/mol. The van der Waals surface area contributed by atoms with Gasteiger partial charge in [-0.2, -0.15) is 0 Å². The molecule has 0 bridgehead atoms. The number of ketones is 1. The van der Waals surface area contributed by atoms with Crippen LogP contribution in [0.4, 0.5) is 0 Å². The summed E-state index contributed by atoms with van der Waals surface area (Å²) in [6.45, 7) is 5.61. The van der Waals surface area contributed by atoms with Crippen LogP contribution >= 0.6 is 0 Å². The Morgan fingerprint density at radius 3 is 2.58 bits per heavy atom. The number of carbonyl (C=O) groups excluding carboxylic acids is 1. The van der Waals surface area contributed by atoms with Crippen LogP contribution in [0.15, 0.2) is 36.4 Å². The third-order valence-corrected chi connectivity index (χ3v) is 5.14. The van der Waals surface area contributed by atoms with Crippen molar-refractivity contribution in [2.24, 2.45) is 0 Å². The molecule has 1 aromatic heterocycles. The Labute approximate surface area is 143 Å². The van der Waals surface area contributed by atoms with E-state index < -0.39 is 0 Å². The highest BCUT2D eigenvalue weighted by atomic mass is 16.5. The number of Topliss-reactive ketones (excluding diaryl/α,β-unsaturated/α-hetero) is 1. The van der Waals surface area contributed by atoms with E-state index in [9.17, 15) is 4.79 Å². The Hall–Kier alpha value is -1.91. The molecule has 4 nitrogen and oxygen atoms in total. The lowest BCUT2D eigenvalue weighted by Gasteiger charge is -2.27. The number of rotatable bonds is 4. The van der Waals surface area contributed by atoms with Gasteiger partial charge in [0.1, 0.15) is 0 Å². The van der Waals surface area contributed by atoms with E-state index in [-0.39, 0.29) is 0 Å². The average molecular weight is 324 g/mol.